The second kappa shape index (κ2) is 6.31. The molecule has 7 nitrogen and oxygen atoms in total. The lowest BCUT2D eigenvalue weighted by Crippen LogP contribution is -2.45. The summed E-state index contributed by atoms with van der Waals surface area (Å²) < 4.78 is 32.0. The van der Waals surface area contributed by atoms with Gasteiger partial charge >= 0.3 is 0 Å². The van der Waals surface area contributed by atoms with Crippen LogP contribution in [0.1, 0.15) is 19.3 Å². The Morgan fingerprint density at radius 2 is 2.35 bits per heavy atom. The van der Waals surface area contributed by atoms with Gasteiger partial charge in [0.2, 0.25) is 11.8 Å². The van der Waals surface area contributed by atoms with Crippen LogP contribution in [0.3, 0.4) is 0 Å². The number of carbonyl (C=O) groups is 1. The van der Waals surface area contributed by atoms with E-state index in [2.05, 4.69) is 5.32 Å². The molecule has 2 aliphatic rings. The molecular formula is C14H15N3O4S2. The number of nitrogens with zero attached hydrogens (tertiary/aromatic N) is 2. The van der Waals surface area contributed by atoms with Crippen molar-refractivity contribution in [3.8, 4) is 6.07 Å². The van der Waals surface area contributed by atoms with Gasteiger partial charge in [-0.2, -0.15) is 9.57 Å². The van der Waals surface area contributed by atoms with Gasteiger partial charge in [0.25, 0.3) is 10.0 Å². The van der Waals surface area contributed by atoms with Crippen LogP contribution in [0.4, 0.5) is 0 Å². The normalized spacial score (nSPS) is 22.0. The van der Waals surface area contributed by atoms with Gasteiger partial charge in [0, 0.05) is 13.0 Å². The van der Waals surface area contributed by atoms with E-state index >= 15 is 0 Å². The third-order valence-electron chi connectivity index (χ3n) is 3.81. The summed E-state index contributed by atoms with van der Waals surface area (Å²) in [5.41, 5.74) is 0.379. The fraction of sp³-hybridized carbons (Fsp3) is 0.429. The van der Waals surface area contributed by atoms with Gasteiger partial charge in [0.15, 0.2) is 0 Å². The number of nitrogens with one attached hydrogen (secondary N) is 1. The Labute approximate surface area is 138 Å². The lowest BCUT2D eigenvalue weighted by Gasteiger charge is -2.22. The SMILES string of the molecule is N#CC1=C(NC(=O)[C@@H]2CCCN2S(=O)(=O)c2cccs2)OCC1. The number of rotatable bonds is 4. The molecule has 0 spiro atoms. The average molecular weight is 353 g/mol. The molecule has 3 rings (SSSR count). The first-order valence-corrected chi connectivity index (χ1v) is 9.48. The molecule has 122 valence electrons. The van der Waals surface area contributed by atoms with Crippen molar-refractivity contribution in [3.05, 3.63) is 29.0 Å². The Hall–Kier alpha value is -1.89. The molecule has 0 aliphatic carbocycles. The summed E-state index contributed by atoms with van der Waals surface area (Å²) in [5.74, 6) is -0.301. The maximum Gasteiger partial charge on any atom is 0.253 e. The van der Waals surface area contributed by atoms with E-state index in [1.54, 1.807) is 11.4 Å². The Morgan fingerprint density at radius 1 is 1.52 bits per heavy atom. The second-order valence-electron chi connectivity index (χ2n) is 5.21. The van der Waals surface area contributed by atoms with Crippen molar-refractivity contribution >= 4 is 27.3 Å². The van der Waals surface area contributed by atoms with E-state index in [9.17, 15) is 13.2 Å². The molecule has 1 aromatic rings. The van der Waals surface area contributed by atoms with Gasteiger partial charge < -0.3 is 4.74 Å². The molecule has 0 radical (unpaired) electrons. The number of hydrogen-bond donors (Lipinski definition) is 1. The molecule has 0 bridgehead atoms. The van der Waals surface area contributed by atoms with Crippen LogP contribution >= 0.6 is 11.3 Å². The minimum Gasteiger partial charge on any atom is -0.478 e. The highest BCUT2D eigenvalue weighted by atomic mass is 32.2. The Balaban J connectivity index is 1.80. The van der Waals surface area contributed by atoms with Crippen molar-refractivity contribution in [1.82, 2.24) is 9.62 Å². The number of sulfonamides is 1. The Morgan fingerprint density at radius 3 is 3.04 bits per heavy atom. The molecule has 1 saturated heterocycles. The molecule has 1 fully saturated rings. The van der Waals surface area contributed by atoms with Gasteiger partial charge in [-0.05, 0) is 24.3 Å². The van der Waals surface area contributed by atoms with Gasteiger partial charge in [0.1, 0.15) is 16.3 Å². The Bertz CT molecular complexity index is 777. The van der Waals surface area contributed by atoms with Crippen molar-refractivity contribution in [1.29, 1.82) is 5.26 Å². The highest BCUT2D eigenvalue weighted by molar-refractivity contribution is 7.91. The third kappa shape index (κ3) is 2.97. The lowest BCUT2D eigenvalue weighted by atomic mass is 10.2. The van der Waals surface area contributed by atoms with Crippen molar-refractivity contribution < 1.29 is 17.9 Å². The largest absolute Gasteiger partial charge is 0.478 e. The zero-order valence-electron chi connectivity index (χ0n) is 12.2. The van der Waals surface area contributed by atoms with Crippen LogP contribution < -0.4 is 5.32 Å². The van der Waals surface area contributed by atoms with Gasteiger partial charge in [-0.1, -0.05) is 6.07 Å². The first-order chi connectivity index (χ1) is 11.0. The summed E-state index contributed by atoms with van der Waals surface area (Å²) in [4.78, 5) is 12.5. The molecule has 1 atom stereocenters. The molecule has 23 heavy (non-hydrogen) atoms. The fourth-order valence-electron chi connectivity index (χ4n) is 2.68. The number of ether oxygens (including phenoxy) is 1. The number of hydrogen-bond acceptors (Lipinski definition) is 6. The number of amides is 1. The molecule has 0 unspecified atom stereocenters. The van der Waals surface area contributed by atoms with E-state index in [0.717, 1.165) is 11.3 Å². The highest BCUT2D eigenvalue weighted by Gasteiger charge is 2.40. The molecule has 0 saturated carbocycles. The lowest BCUT2D eigenvalue weighted by molar-refractivity contribution is -0.124. The molecule has 3 heterocycles. The standard InChI is InChI=1S/C14H15N3O4S2/c15-9-10-5-7-21-14(10)16-13(18)11-3-1-6-17(11)23(19,20)12-4-2-8-22-12/h2,4,8,11H,1,3,5-7H2,(H,16,18)/t11-/m0/s1. The van der Waals surface area contributed by atoms with Gasteiger partial charge in [-0.15, -0.1) is 11.3 Å². The monoisotopic (exact) mass is 353 g/mol. The molecule has 1 amide bonds. The van der Waals surface area contributed by atoms with Crippen LogP contribution in [0.15, 0.2) is 33.2 Å². The summed E-state index contributed by atoms with van der Waals surface area (Å²) in [7, 11) is -3.67. The number of thiophene rings is 1. The van der Waals surface area contributed by atoms with Crippen LogP contribution in [0.5, 0.6) is 0 Å². The molecular weight excluding hydrogens is 338 g/mol. The second-order valence-corrected chi connectivity index (χ2v) is 8.28. The predicted molar refractivity (Wildman–Crippen MR) is 82.6 cm³/mol. The fourth-order valence-corrected chi connectivity index (χ4v) is 5.46. The number of nitriles is 1. The van der Waals surface area contributed by atoms with Gasteiger partial charge in [0.05, 0.1) is 12.2 Å². The third-order valence-corrected chi connectivity index (χ3v) is 7.09. The average Bonchev–Trinajstić information content (AvgIpc) is 3.27. The molecule has 2 aliphatic heterocycles. The minimum atomic E-state index is -3.67. The van der Waals surface area contributed by atoms with Crippen LogP contribution in [-0.2, 0) is 19.6 Å². The topological polar surface area (TPSA) is 99.5 Å². The molecule has 1 aromatic heterocycles. The van der Waals surface area contributed by atoms with E-state index in [4.69, 9.17) is 10.00 Å². The van der Waals surface area contributed by atoms with Crippen LogP contribution in [0.2, 0.25) is 0 Å². The van der Waals surface area contributed by atoms with Crippen molar-refractivity contribution in [3.63, 3.8) is 0 Å². The molecule has 1 N–H and O–H groups in total. The van der Waals surface area contributed by atoms with Gasteiger partial charge in [-0.25, -0.2) is 8.42 Å². The van der Waals surface area contributed by atoms with Crippen molar-refractivity contribution in [2.75, 3.05) is 13.2 Å². The highest BCUT2D eigenvalue weighted by Crippen LogP contribution is 2.29. The van der Waals surface area contributed by atoms with Crippen molar-refractivity contribution in [2.24, 2.45) is 0 Å². The quantitative estimate of drug-likeness (QED) is 0.876. The van der Waals surface area contributed by atoms with E-state index in [1.165, 1.54) is 10.4 Å². The number of carbonyl (C=O) groups excluding carboxylic acids is 1. The maximum absolute atomic E-state index is 12.6. The zero-order chi connectivity index (χ0) is 16.4. The maximum atomic E-state index is 12.6. The zero-order valence-corrected chi connectivity index (χ0v) is 13.8. The van der Waals surface area contributed by atoms with Gasteiger partial charge in [-0.3, -0.25) is 10.1 Å². The van der Waals surface area contributed by atoms with E-state index in [-0.39, 0.29) is 10.1 Å². The van der Waals surface area contributed by atoms with E-state index in [0.29, 0.717) is 38.0 Å². The summed E-state index contributed by atoms with van der Waals surface area (Å²) >= 11 is 1.13. The summed E-state index contributed by atoms with van der Waals surface area (Å²) in [6.45, 7) is 0.656. The summed E-state index contributed by atoms with van der Waals surface area (Å²) in [5, 5.41) is 13.2. The van der Waals surface area contributed by atoms with Crippen LogP contribution in [0, 0.1) is 11.3 Å². The van der Waals surface area contributed by atoms with E-state index < -0.39 is 22.0 Å². The summed E-state index contributed by atoms with van der Waals surface area (Å²) in [6.07, 6.45) is 1.52. The first-order valence-electron chi connectivity index (χ1n) is 7.16. The minimum absolute atomic E-state index is 0.151. The molecule has 0 aromatic carbocycles. The smallest absolute Gasteiger partial charge is 0.253 e. The first kappa shape index (κ1) is 16.0. The van der Waals surface area contributed by atoms with Crippen molar-refractivity contribution in [2.45, 2.75) is 29.5 Å². The van der Waals surface area contributed by atoms with Crippen LogP contribution in [-0.4, -0.2) is 37.8 Å². The predicted octanol–water partition coefficient (Wildman–Crippen LogP) is 1.17. The molecule has 9 heteroatoms. The summed E-state index contributed by atoms with van der Waals surface area (Å²) in [6, 6.07) is 4.40. The van der Waals surface area contributed by atoms with Crippen LogP contribution in [0.25, 0.3) is 0 Å². The van der Waals surface area contributed by atoms with E-state index in [1.807, 2.05) is 6.07 Å². The Kier molecular flexibility index (Phi) is 4.39.